The van der Waals surface area contributed by atoms with Crippen LogP contribution in [0, 0.1) is 0 Å². The van der Waals surface area contributed by atoms with Crippen LogP contribution in [0.2, 0.25) is 0 Å². The predicted octanol–water partition coefficient (Wildman–Crippen LogP) is 1.55. The van der Waals surface area contributed by atoms with Gasteiger partial charge in [0.2, 0.25) is 0 Å². The number of rotatable bonds is 3. The molecule has 1 aromatic heterocycles. The number of likely N-dealkylation sites (tertiary alicyclic amines) is 1. The Morgan fingerprint density at radius 2 is 2.44 bits per heavy atom. The average molecular weight is 254 g/mol. The second kappa shape index (κ2) is 4.96. The predicted molar refractivity (Wildman–Crippen MR) is 65.8 cm³/mol. The van der Waals surface area contributed by atoms with Gasteiger partial charge in [-0.05, 0) is 13.8 Å². The van der Waals surface area contributed by atoms with E-state index in [4.69, 9.17) is 0 Å². The molecule has 18 heavy (non-hydrogen) atoms. The van der Waals surface area contributed by atoms with E-state index in [-0.39, 0.29) is 12.6 Å². The van der Waals surface area contributed by atoms with Crippen molar-refractivity contribution in [1.29, 1.82) is 0 Å². The molecule has 6 heteroatoms. The van der Waals surface area contributed by atoms with Crippen LogP contribution in [-0.2, 0) is 13.1 Å². The molecule has 1 aliphatic rings. The minimum Gasteiger partial charge on any atom is -0.334 e. The molecule has 0 spiro atoms. The summed E-state index contributed by atoms with van der Waals surface area (Å²) in [7, 11) is 0. The number of amides is 2. The zero-order valence-electron chi connectivity index (χ0n) is 10.8. The van der Waals surface area contributed by atoms with Gasteiger partial charge < -0.3 is 14.8 Å². The number of hydrogen-bond donors (Lipinski definition) is 1. The van der Waals surface area contributed by atoms with Crippen LogP contribution in [0.3, 0.4) is 0 Å². The van der Waals surface area contributed by atoms with E-state index >= 15 is 0 Å². The SMILES string of the molecule is CCn1ccnc1CNC(=O)N1CC[C@](C)(F)C1. The van der Waals surface area contributed by atoms with Gasteiger partial charge in [-0.2, -0.15) is 0 Å². The lowest BCUT2D eigenvalue weighted by Crippen LogP contribution is -2.40. The summed E-state index contributed by atoms with van der Waals surface area (Å²) in [4.78, 5) is 17.5. The lowest BCUT2D eigenvalue weighted by atomic mass is 10.1. The van der Waals surface area contributed by atoms with Crippen molar-refractivity contribution in [3.63, 3.8) is 0 Å². The van der Waals surface area contributed by atoms with Crippen LogP contribution in [-0.4, -0.2) is 39.2 Å². The van der Waals surface area contributed by atoms with E-state index in [1.54, 1.807) is 6.20 Å². The van der Waals surface area contributed by atoms with Crippen molar-refractivity contribution in [2.24, 2.45) is 0 Å². The number of imidazole rings is 1. The van der Waals surface area contributed by atoms with Crippen LogP contribution in [0.4, 0.5) is 9.18 Å². The normalized spacial score (nSPS) is 23.4. The zero-order valence-corrected chi connectivity index (χ0v) is 10.8. The molecule has 0 saturated carbocycles. The summed E-state index contributed by atoms with van der Waals surface area (Å²) in [5, 5.41) is 2.78. The lowest BCUT2D eigenvalue weighted by Gasteiger charge is -2.18. The molecular formula is C12H19FN4O. The molecule has 1 saturated heterocycles. The first-order valence-corrected chi connectivity index (χ1v) is 6.23. The third-order valence-corrected chi connectivity index (χ3v) is 3.25. The molecule has 5 nitrogen and oxygen atoms in total. The first kappa shape index (κ1) is 12.9. The number of halogens is 1. The molecule has 1 aliphatic heterocycles. The molecule has 2 rings (SSSR count). The number of urea groups is 1. The maximum Gasteiger partial charge on any atom is 0.317 e. The number of carbonyl (C=O) groups excluding carboxylic acids is 1. The summed E-state index contributed by atoms with van der Waals surface area (Å²) in [6.07, 6.45) is 3.99. The molecule has 2 heterocycles. The Balaban J connectivity index is 1.86. The summed E-state index contributed by atoms with van der Waals surface area (Å²) in [5.74, 6) is 0.813. The fraction of sp³-hybridized carbons (Fsp3) is 0.667. The van der Waals surface area contributed by atoms with Crippen LogP contribution in [0.25, 0.3) is 0 Å². The van der Waals surface area contributed by atoms with Crippen molar-refractivity contribution in [1.82, 2.24) is 19.8 Å². The number of nitrogens with one attached hydrogen (secondary N) is 1. The van der Waals surface area contributed by atoms with Gasteiger partial charge in [-0.25, -0.2) is 14.2 Å². The van der Waals surface area contributed by atoms with Gasteiger partial charge in [-0.1, -0.05) is 0 Å². The lowest BCUT2D eigenvalue weighted by molar-refractivity contribution is 0.178. The molecule has 0 aliphatic carbocycles. The fourth-order valence-electron chi connectivity index (χ4n) is 2.16. The quantitative estimate of drug-likeness (QED) is 0.889. The fourth-order valence-corrected chi connectivity index (χ4v) is 2.16. The molecule has 100 valence electrons. The van der Waals surface area contributed by atoms with Gasteiger partial charge in [0.25, 0.3) is 0 Å². The molecule has 0 radical (unpaired) electrons. The topological polar surface area (TPSA) is 50.2 Å². The molecule has 1 N–H and O–H groups in total. The number of aromatic nitrogens is 2. The van der Waals surface area contributed by atoms with E-state index in [1.807, 2.05) is 17.7 Å². The molecule has 1 aromatic rings. The van der Waals surface area contributed by atoms with Gasteiger partial charge in [0.15, 0.2) is 0 Å². The van der Waals surface area contributed by atoms with Gasteiger partial charge >= 0.3 is 6.03 Å². The first-order valence-electron chi connectivity index (χ1n) is 6.23. The molecule has 0 unspecified atom stereocenters. The molecule has 1 fully saturated rings. The number of nitrogens with zero attached hydrogens (tertiary/aromatic N) is 3. The van der Waals surface area contributed by atoms with E-state index in [1.165, 1.54) is 11.8 Å². The summed E-state index contributed by atoms with van der Waals surface area (Å²) >= 11 is 0. The van der Waals surface area contributed by atoms with Crippen LogP contribution in [0.5, 0.6) is 0 Å². The van der Waals surface area contributed by atoms with Crippen LogP contribution in [0.15, 0.2) is 12.4 Å². The van der Waals surface area contributed by atoms with Crippen molar-refractivity contribution >= 4 is 6.03 Å². The number of carbonyl (C=O) groups is 1. The van der Waals surface area contributed by atoms with Gasteiger partial charge in [-0.3, -0.25) is 0 Å². The smallest absolute Gasteiger partial charge is 0.317 e. The molecular weight excluding hydrogens is 235 g/mol. The van der Waals surface area contributed by atoms with E-state index in [2.05, 4.69) is 10.3 Å². The maximum absolute atomic E-state index is 13.6. The molecule has 1 atom stereocenters. The van der Waals surface area contributed by atoms with Crippen molar-refractivity contribution in [2.45, 2.75) is 39.0 Å². The number of alkyl halides is 1. The Labute approximate surface area is 106 Å². The molecule has 0 bridgehead atoms. The third kappa shape index (κ3) is 2.80. The highest BCUT2D eigenvalue weighted by molar-refractivity contribution is 5.74. The largest absolute Gasteiger partial charge is 0.334 e. The van der Waals surface area contributed by atoms with Crippen LogP contribution < -0.4 is 5.32 Å². The van der Waals surface area contributed by atoms with Gasteiger partial charge in [0.05, 0.1) is 13.1 Å². The van der Waals surface area contributed by atoms with E-state index < -0.39 is 5.67 Å². The van der Waals surface area contributed by atoms with Crippen molar-refractivity contribution in [3.05, 3.63) is 18.2 Å². The Morgan fingerprint density at radius 1 is 1.67 bits per heavy atom. The van der Waals surface area contributed by atoms with Crippen LogP contribution >= 0.6 is 0 Å². The highest BCUT2D eigenvalue weighted by Crippen LogP contribution is 2.24. The summed E-state index contributed by atoms with van der Waals surface area (Å²) in [6, 6.07) is -0.220. The number of hydrogen-bond acceptors (Lipinski definition) is 2. The molecule has 0 aromatic carbocycles. The Kier molecular flexibility index (Phi) is 3.54. The van der Waals surface area contributed by atoms with E-state index in [0.29, 0.717) is 19.5 Å². The highest BCUT2D eigenvalue weighted by atomic mass is 19.1. The second-order valence-corrected chi connectivity index (χ2v) is 4.87. The van der Waals surface area contributed by atoms with Crippen molar-refractivity contribution in [2.75, 3.05) is 13.1 Å². The maximum atomic E-state index is 13.6. The summed E-state index contributed by atoms with van der Waals surface area (Å²) < 4.78 is 15.6. The summed E-state index contributed by atoms with van der Waals surface area (Å²) in [6.45, 7) is 5.38. The number of aryl methyl sites for hydroxylation is 1. The van der Waals surface area contributed by atoms with Gasteiger partial charge in [0.1, 0.15) is 11.5 Å². The zero-order chi connectivity index (χ0) is 13.2. The third-order valence-electron chi connectivity index (χ3n) is 3.25. The van der Waals surface area contributed by atoms with Crippen LogP contribution in [0.1, 0.15) is 26.1 Å². The second-order valence-electron chi connectivity index (χ2n) is 4.87. The Hall–Kier alpha value is -1.59. The minimum atomic E-state index is -1.25. The van der Waals surface area contributed by atoms with E-state index in [0.717, 1.165) is 12.4 Å². The standard InChI is InChI=1S/C12H19FN4O/c1-3-16-7-5-14-10(16)8-15-11(18)17-6-4-12(2,13)9-17/h5,7H,3-4,6,8-9H2,1-2H3,(H,15,18)/t12-/m0/s1. The van der Waals surface area contributed by atoms with E-state index in [9.17, 15) is 9.18 Å². The van der Waals surface area contributed by atoms with Gasteiger partial charge in [-0.15, -0.1) is 0 Å². The summed E-state index contributed by atoms with van der Waals surface area (Å²) in [5.41, 5.74) is -1.25. The van der Waals surface area contributed by atoms with Crippen molar-refractivity contribution < 1.29 is 9.18 Å². The Morgan fingerprint density at radius 3 is 3.06 bits per heavy atom. The molecule has 2 amide bonds. The first-order chi connectivity index (χ1) is 8.52. The highest BCUT2D eigenvalue weighted by Gasteiger charge is 2.35. The average Bonchev–Trinajstić information content (AvgIpc) is 2.91. The monoisotopic (exact) mass is 254 g/mol. The van der Waals surface area contributed by atoms with Gasteiger partial charge in [0, 0.05) is 31.9 Å². The minimum absolute atomic E-state index is 0.168. The van der Waals surface area contributed by atoms with Crippen molar-refractivity contribution in [3.8, 4) is 0 Å². The Bertz CT molecular complexity index is 429.